The molecule has 1 aromatic carbocycles. The molecule has 3 atom stereocenters. The van der Waals surface area contributed by atoms with E-state index in [4.69, 9.17) is 4.74 Å². The van der Waals surface area contributed by atoms with Crippen molar-refractivity contribution in [3.63, 3.8) is 0 Å². The van der Waals surface area contributed by atoms with Crippen molar-refractivity contribution in [2.45, 2.75) is 51.7 Å². The second-order valence-corrected chi connectivity index (χ2v) is 9.18. The highest BCUT2D eigenvalue weighted by Crippen LogP contribution is 2.31. The normalized spacial score (nSPS) is 23.0. The Balaban J connectivity index is 1.18. The number of fused-ring (bicyclic) bond motifs is 2. The van der Waals surface area contributed by atoms with Crippen molar-refractivity contribution >= 4 is 5.91 Å². The van der Waals surface area contributed by atoms with E-state index in [1.807, 2.05) is 49.6 Å². The second-order valence-electron chi connectivity index (χ2n) is 9.18. The predicted molar refractivity (Wildman–Crippen MR) is 126 cm³/mol. The minimum Gasteiger partial charge on any atom is -0.494 e. The average Bonchev–Trinajstić information content (AvgIpc) is 2.80. The molecule has 0 aliphatic carbocycles. The highest BCUT2D eigenvalue weighted by atomic mass is 16.5. The van der Waals surface area contributed by atoms with E-state index in [9.17, 15) is 4.79 Å². The smallest absolute Gasteiger partial charge is 0.220 e. The lowest BCUT2D eigenvalue weighted by atomic mass is 9.79. The van der Waals surface area contributed by atoms with Crippen LogP contribution >= 0.6 is 0 Å². The van der Waals surface area contributed by atoms with Crippen LogP contribution in [0.25, 0.3) is 0 Å². The van der Waals surface area contributed by atoms with Crippen molar-refractivity contribution in [3.8, 4) is 5.75 Å². The summed E-state index contributed by atoms with van der Waals surface area (Å²) in [6.07, 6.45) is 7.69. The molecule has 2 aliphatic rings. The van der Waals surface area contributed by atoms with Crippen LogP contribution in [0.5, 0.6) is 5.75 Å². The number of rotatable bonds is 10. The van der Waals surface area contributed by atoms with E-state index in [0.29, 0.717) is 31.5 Å². The molecule has 1 aromatic heterocycles. The maximum Gasteiger partial charge on any atom is 0.220 e. The van der Waals surface area contributed by atoms with Crippen LogP contribution in [0.1, 0.15) is 43.7 Å². The van der Waals surface area contributed by atoms with Gasteiger partial charge >= 0.3 is 0 Å². The fourth-order valence-corrected chi connectivity index (χ4v) is 5.17. The molecule has 2 bridgehead atoms. The van der Waals surface area contributed by atoms with Crippen LogP contribution in [0.4, 0.5) is 0 Å². The average molecular weight is 437 g/mol. The Morgan fingerprint density at radius 3 is 3.00 bits per heavy atom. The van der Waals surface area contributed by atoms with Gasteiger partial charge in [-0.1, -0.05) is 18.2 Å². The largest absolute Gasteiger partial charge is 0.494 e. The van der Waals surface area contributed by atoms with E-state index in [2.05, 4.69) is 26.6 Å². The monoisotopic (exact) mass is 436 g/mol. The summed E-state index contributed by atoms with van der Waals surface area (Å²) in [7, 11) is 0. The van der Waals surface area contributed by atoms with Crippen LogP contribution in [-0.2, 0) is 17.9 Å². The molecule has 1 amide bonds. The fraction of sp³-hybridized carbons (Fsp3) is 0.538. The van der Waals surface area contributed by atoms with Gasteiger partial charge in [0.2, 0.25) is 5.91 Å². The summed E-state index contributed by atoms with van der Waals surface area (Å²) in [5, 5.41) is 6.83. The lowest BCUT2D eigenvalue weighted by Crippen LogP contribution is -2.55. The number of aromatic nitrogens is 1. The van der Waals surface area contributed by atoms with Gasteiger partial charge in [-0.15, -0.1) is 0 Å². The molecule has 2 aromatic rings. The minimum atomic E-state index is 0.127. The summed E-state index contributed by atoms with van der Waals surface area (Å²) in [5.41, 5.74) is 2.36. The molecule has 4 rings (SSSR count). The fourth-order valence-electron chi connectivity index (χ4n) is 5.17. The molecule has 6 heteroatoms. The Morgan fingerprint density at radius 2 is 2.16 bits per heavy atom. The molecule has 0 saturated carbocycles. The van der Waals surface area contributed by atoms with Gasteiger partial charge in [0.25, 0.3) is 0 Å². The number of benzene rings is 1. The van der Waals surface area contributed by atoms with E-state index in [-0.39, 0.29) is 5.91 Å². The quantitative estimate of drug-likeness (QED) is 0.598. The van der Waals surface area contributed by atoms with Crippen molar-refractivity contribution in [1.82, 2.24) is 20.5 Å². The number of ether oxygens (including phenoxy) is 1. The summed E-state index contributed by atoms with van der Waals surface area (Å²) in [6, 6.07) is 12.6. The standard InChI is InChI=1S/C26H36N4O2/c1-2-32-24-8-3-6-20(13-24)15-29-26(31)10-4-9-25-23-12-22(16-28-25)18-30(19-23)17-21-7-5-11-27-14-21/h3,5-8,11,13-14,22-23,25,28H,2,4,9-10,12,15-19H2,1H3,(H,29,31)/t22?,23?,25-/m1/s1. The second kappa shape index (κ2) is 11.4. The predicted octanol–water partition coefficient (Wildman–Crippen LogP) is 3.38. The third kappa shape index (κ3) is 6.53. The summed E-state index contributed by atoms with van der Waals surface area (Å²) in [4.78, 5) is 19.2. The Labute approximate surface area is 191 Å². The van der Waals surface area contributed by atoms with Gasteiger partial charge in [0.1, 0.15) is 5.75 Å². The summed E-state index contributed by atoms with van der Waals surface area (Å²) >= 11 is 0. The minimum absolute atomic E-state index is 0.127. The third-order valence-electron chi connectivity index (χ3n) is 6.63. The van der Waals surface area contributed by atoms with Crippen molar-refractivity contribution in [2.75, 3.05) is 26.2 Å². The molecular weight excluding hydrogens is 400 g/mol. The molecule has 32 heavy (non-hydrogen) atoms. The Kier molecular flexibility index (Phi) is 8.13. The van der Waals surface area contributed by atoms with Crippen molar-refractivity contribution in [1.29, 1.82) is 0 Å². The highest BCUT2D eigenvalue weighted by molar-refractivity contribution is 5.75. The van der Waals surface area contributed by atoms with E-state index < -0.39 is 0 Å². The summed E-state index contributed by atoms with van der Waals surface area (Å²) < 4.78 is 5.53. The van der Waals surface area contributed by atoms with Gasteiger partial charge in [0.05, 0.1) is 6.61 Å². The number of carbonyl (C=O) groups excluding carboxylic acids is 1. The molecule has 2 unspecified atom stereocenters. The van der Waals surface area contributed by atoms with Gasteiger partial charge in [0.15, 0.2) is 0 Å². The number of amides is 1. The van der Waals surface area contributed by atoms with E-state index in [0.717, 1.165) is 56.3 Å². The molecule has 0 spiro atoms. The number of hydrogen-bond acceptors (Lipinski definition) is 5. The van der Waals surface area contributed by atoms with Crippen molar-refractivity contribution < 1.29 is 9.53 Å². The van der Waals surface area contributed by atoms with Gasteiger partial charge < -0.3 is 15.4 Å². The zero-order valence-corrected chi connectivity index (χ0v) is 19.1. The molecule has 2 fully saturated rings. The number of carbonyl (C=O) groups is 1. The zero-order chi connectivity index (χ0) is 22.2. The van der Waals surface area contributed by atoms with Gasteiger partial charge in [-0.05, 0) is 73.9 Å². The molecule has 3 heterocycles. The first-order valence-electron chi connectivity index (χ1n) is 12.0. The van der Waals surface area contributed by atoms with Gasteiger partial charge in [-0.3, -0.25) is 14.7 Å². The number of piperidine rings is 2. The Bertz CT molecular complexity index is 860. The van der Waals surface area contributed by atoms with Gasteiger partial charge in [-0.25, -0.2) is 0 Å². The maximum atomic E-state index is 12.4. The van der Waals surface area contributed by atoms with E-state index in [1.165, 1.54) is 12.0 Å². The van der Waals surface area contributed by atoms with Crippen LogP contribution in [0, 0.1) is 11.8 Å². The summed E-state index contributed by atoms with van der Waals surface area (Å²) in [6.45, 7) is 7.54. The third-order valence-corrected chi connectivity index (χ3v) is 6.63. The number of nitrogens with one attached hydrogen (secondary N) is 2. The number of hydrogen-bond donors (Lipinski definition) is 2. The first-order valence-corrected chi connectivity index (χ1v) is 12.0. The van der Waals surface area contributed by atoms with Crippen molar-refractivity contribution in [2.24, 2.45) is 11.8 Å². The van der Waals surface area contributed by atoms with Crippen LogP contribution in [0.15, 0.2) is 48.8 Å². The van der Waals surface area contributed by atoms with Crippen LogP contribution in [0.2, 0.25) is 0 Å². The molecule has 2 aliphatic heterocycles. The zero-order valence-electron chi connectivity index (χ0n) is 19.1. The van der Waals surface area contributed by atoms with Crippen molar-refractivity contribution in [3.05, 3.63) is 59.9 Å². The van der Waals surface area contributed by atoms with Crippen LogP contribution in [0.3, 0.4) is 0 Å². The lowest BCUT2D eigenvalue weighted by molar-refractivity contribution is -0.121. The number of pyridine rings is 1. The maximum absolute atomic E-state index is 12.4. The molecule has 2 N–H and O–H groups in total. The Hall–Kier alpha value is -2.44. The molecular formula is C26H36N4O2. The highest BCUT2D eigenvalue weighted by Gasteiger charge is 2.36. The summed E-state index contributed by atoms with van der Waals surface area (Å²) in [5.74, 6) is 2.38. The van der Waals surface area contributed by atoms with Gasteiger partial charge in [-0.2, -0.15) is 0 Å². The first-order chi connectivity index (χ1) is 15.7. The van der Waals surface area contributed by atoms with E-state index in [1.54, 1.807) is 0 Å². The number of nitrogens with zero attached hydrogens (tertiary/aromatic N) is 2. The first kappa shape index (κ1) is 22.7. The topological polar surface area (TPSA) is 66.5 Å². The molecule has 2 saturated heterocycles. The molecule has 172 valence electrons. The molecule has 6 nitrogen and oxygen atoms in total. The molecule has 0 radical (unpaired) electrons. The van der Waals surface area contributed by atoms with Crippen LogP contribution in [-0.4, -0.2) is 48.1 Å². The van der Waals surface area contributed by atoms with E-state index >= 15 is 0 Å². The number of likely N-dealkylation sites (tertiary alicyclic amines) is 1. The van der Waals surface area contributed by atoms with Gasteiger partial charge in [0, 0.05) is 51.0 Å². The SMILES string of the molecule is CCOc1cccc(CNC(=O)CCC[C@H]2NCC3CC2CN(Cc2cccnc2)C3)c1. The van der Waals surface area contributed by atoms with Crippen LogP contribution < -0.4 is 15.4 Å². The lowest BCUT2D eigenvalue weighted by Gasteiger charge is -2.46. The Morgan fingerprint density at radius 1 is 1.25 bits per heavy atom.